The second-order valence-electron chi connectivity index (χ2n) is 9.76. The van der Waals surface area contributed by atoms with Crippen LogP contribution in [-0.2, 0) is 13.3 Å². The molecule has 2 aromatic rings. The van der Waals surface area contributed by atoms with E-state index in [0.29, 0.717) is 0 Å². The van der Waals surface area contributed by atoms with Gasteiger partial charge in [-0.25, -0.2) is 4.98 Å². The van der Waals surface area contributed by atoms with E-state index in [1.807, 2.05) is 40.3 Å². The lowest BCUT2D eigenvalue weighted by molar-refractivity contribution is 0.122. The van der Waals surface area contributed by atoms with E-state index in [9.17, 15) is 0 Å². The summed E-state index contributed by atoms with van der Waals surface area (Å²) in [7, 11) is 12.1. The van der Waals surface area contributed by atoms with Gasteiger partial charge in [0.25, 0.3) is 0 Å². The van der Waals surface area contributed by atoms with Gasteiger partial charge in [0.05, 0.1) is 10.2 Å². The van der Waals surface area contributed by atoms with Crippen molar-refractivity contribution in [3.05, 3.63) is 24.3 Å². The quantitative estimate of drug-likeness (QED) is 0.0526. The first-order chi connectivity index (χ1) is 19.2. The third kappa shape index (κ3) is 17.0. The van der Waals surface area contributed by atoms with Crippen LogP contribution in [0.3, 0.4) is 0 Å². The molecule has 0 fully saturated rings. The lowest BCUT2D eigenvalue weighted by atomic mass is 10.0. The van der Waals surface area contributed by atoms with Crippen LogP contribution in [0.4, 0.5) is 0 Å². The number of nitrogens with zero attached hydrogens (tertiary/aromatic N) is 1. The van der Waals surface area contributed by atoms with Gasteiger partial charge in [0.2, 0.25) is 0 Å². The summed E-state index contributed by atoms with van der Waals surface area (Å²) in [6, 6.07) is 9.31. The molecule has 39 heavy (non-hydrogen) atoms. The van der Waals surface area contributed by atoms with E-state index in [1.54, 1.807) is 43.5 Å². The van der Waals surface area contributed by atoms with Gasteiger partial charge in [-0.3, -0.25) is 0 Å². The maximum absolute atomic E-state index is 5.49. The van der Waals surface area contributed by atoms with Crippen molar-refractivity contribution in [2.45, 2.75) is 113 Å². The molecule has 4 nitrogen and oxygen atoms in total. The standard InChI is InChI=1S/C28H49NO3S6Si/c1-30-39(31-2,32-3)25-21-17-15-13-11-9-7-5-4-6-8-10-12-14-16-20-24-33-36-38-37-35-28-29-26-22-18-19-23-27(26)34-28/h18-19,22-23H,4-17,20-21,24-25H2,1-3H3. The van der Waals surface area contributed by atoms with Crippen LogP contribution in [-0.4, -0.2) is 40.9 Å². The fourth-order valence-electron chi connectivity index (χ4n) is 4.53. The number of hydrogen-bond donors (Lipinski definition) is 0. The maximum Gasteiger partial charge on any atom is 0.500 e. The second-order valence-corrected chi connectivity index (χ2v) is 21.9. The highest BCUT2D eigenvalue weighted by Crippen LogP contribution is 2.51. The van der Waals surface area contributed by atoms with E-state index in [0.717, 1.165) is 22.3 Å². The maximum atomic E-state index is 5.49. The fourth-order valence-corrected chi connectivity index (χ4v) is 16.5. The topological polar surface area (TPSA) is 40.6 Å². The van der Waals surface area contributed by atoms with Gasteiger partial charge in [-0.1, -0.05) is 113 Å². The molecule has 0 saturated carbocycles. The SMILES string of the molecule is CO[Si](CCCCCCCCCCCCCCCCCCSSSSSc1nc2ccccc2s1)(OC)OC. The second kappa shape index (κ2) is 24.4. The molecule has 0 atom stereocenters. The molecule has 1 aromatic carbocycles. The summed E-state index contributed by atoms with van der Waals surface area (Å²) < 4.78 is 18.9. The lowest BCUT2D eigenvalue weighted by Gasteiger charge is -2.24. The summed E-state index contributed by atoms with van der Waals surface area (Å²) in [5.74, 6) is 1.27. The molecule has 2 rings (SSSR count). The summed E-state index contributed by atoms with van der Waals surface area (Å²) in [5, 5.41) is 0. The van der Waals surface area contributed by atoms with Crippen molar-refractivity contribution in [1.82, 2.24) is 4.98 Å². The van der Waals surface area contributed by atoms with E-state index in [1.165, 1.54) is 107 Å². The highest BCUT2D eigenvalue weighted by molar-refractivity contribution is 9.35. The Balaban J connectivity index is 1.23. The van der Waals surface area contributed by atoms with E-state index in [4.69, 9.17) is 13.3 Å². The third-order valence-corrected chi connectivity index (χ3v) is 19.6. The number of para-hydroxylation sites is 1. The average Bonchev–Trinajstić information content (AvgIpc) is 3.39. The molecule has 224 valence electrons. The van der Waals surface area contributed by atoms with Crippen molar-refractivity contribution >= 4 is 81.4 Å². The van der Waals surface area contributed by atoms with Crippen molar-refractivity contribution < 1.29 is 13.3 Å². The summed E-state index contributed by atoms with van der Waals surface area (Å²) in [6.45, 7) is 0. The molecular weight excluding hydrogens is 619 g/mol. The number of unbranched alkanes of at least 4 members (excludes halogenated alkanes) is 15. The first-order valence-corrected chi connectivity index (χ1v) is 23.6. The first-order valence-electron chi connectivity index (χ1n) is 14.5. The summed E-state index contributed by atoms with van der Waals surface area (Å²) in [5.41, 5.74) is 1.12. The normalized spacial score (nSPS) is 12.1. The molecule has 0 aliphatic heterocycles. The molecule has 0 radical (unpaired) electrons. The predicted octanol–water partition coefficient (Wildman–Crippen LogP) is 12.1. The smallest absolute Gasteiger partial charge is 0.377 e. The number of benzene rings is 1. The molecule has 0 aliphatic carbocycles. The average molecular weight is 668 g/mol. The van der Waals surface area contributed by atoms with Gasteiger partial charge in [0.1, 0.15) is 0 Å². The Morgan fingerprint density at radius 3 is 1.69 bits per heavy atom. The van der Waals surface area contributed by atoms with Crippen LogP contribution >= 0.6 is 62.4 Å². The van der Waals surface area contributed by atoms with Gasteiger partial charge < -0.3 is 13.3 Å². The fraction of sp³-hybridized carbons (Fsp3) is 0.750. The minimum Gasteiger partial charge on any atom is -0.377 e. The number of fused-ring (bicyclic) bond motifs is 1. The first kappa shape index (κ1) is 36.1. The largest absolute Gasteiger partial charge is 0.500 e. The van der Waals surface area contributed by atoms with Gasteiger partial charge in [-0.15, -0.1) is 11.3 Å². The van der Waals surface area contributed by atoms with Crippen LogP contribution in [0.1, 0.15) is 103 Å². The van der Waals surface area contributed by atoms with Gasteiger partial charge in [-0.2, -0.15) is 0 Å². The Labute approximate surface area is 262 Å². The molecule has 0 amide bonds. The third-order valence-electron chi connectivity index (χ3n) is 6.88. The van der Waals surface area contributed by atoms with Crippen molar-refractivity contribution in [1.29, 1.82) is 0 Å². The van der Waals surface area contributed by atoms with Gasteiger partial charge in [-0.05, 0) is 65.2 Å². The molecule has 0 spiro atoms. The van der Waals surface area contributed by atoms with Crippen molar-refractivity contribution in [3.63, 3.8) is 0 Å². The van der Waals surface area contributed by atoms with Gasteiger partial charge in [0, 0.05) is 33.1 Å². The number of aromatic nitrogens is 1. The zero-order valence-electron chi connectivity index (χ0n) is 24.2. The minimum absolute atomic E-state index is 0.931. The van der Waals surface area contributed by atoms with E-state index < -0.39 is 8.80 Å². The monoisotopic (exact) mass is 667 g/mol. The molecule has 11 heteroatoms. The summed E-state index contributed by atoms with van der Waals surface area (Å²) in [6.07, 6.45) is 22.0. The Morgan fingerprint density at radius 1 is 0.641 bits per heavy atom. The van der Waals surface area contributed by atoms with Crippen LogP contribution < -0.4 is 0 Å². The Kier molecular flexibility index (Phi) is 22.6. The molecule has 0 aliphatic rings. The Hall–Kier alpha value is 0.957. The number of hydrogen-bond acceptors (Lipinski definition) is 10. The van der Waals surface area contributed by atoms with Crippen LogP contribution in [0.5, 0.6) is 0 Å². The molecular formula is C28H49NO3S6Si. The minimum atomic E-state index is -2.35. The van der Waals surface area contributed by atoms with Gasteiger partial charge >= 0.3 is 8.80 Å². The molecule has 0 saturated heterocycles. The Morgan fingerprint density at radius 2 is 1.15 bits per heavy atom. The molecule has 0 bridgehead atoms. The van der Waals surface area contributed by atoms with Crippen LogP contribution in [0.2, 0.25) is 6.04 Å². The van der Waals surface area contributed by atoms with Crippen molar-refractivity contribution in [3.8, 4) is 0 Å². The highest BCUT2D eigenvalue weighted by atomic mass is 33.8. The summed E-state index contributed by atoms with van der Waals surface area (Å²) in [4.78, 5) is 4.67. The van der Waals surface area contributed by atoms with Crippen molar-refractivity contribution in [2.24, 2.45) is 0 Å². The zero-order chi connectivity index (χ0) is 27.9. The number of thiazole rings is 1. The zero-order valence-corrected chi connectivity index (χ0v) is 30.1. The highest BCUT2D eigenvalue weighted by Gasteiger charge is 2.36. The van der Waals surface area contributed by atoms with Crippen LogP contribution in [0, 0.1) is 0 Å². The predicted molar refractivity (Wildman–Crippen MR) is 186 cm³/mol. The van der Waals surface area contributed by atoms with Gasteiger partial charge in [0.15, 0.2) is 4.34 Å². The van der Waals surface area contributed by atoms with Crippen LogP contribution in [0.15, 0.2) is 28.6 Å². The lowest BCUT2D eigenvalue weighted by Crippen LogP contribution is -2.42. The summed E-state index contributed by atoms with van der Waals surface area (Å²) >= 11 is 1.79. The van der Waals surface area contributed by atoms with Crippen molar-refractivity contribution in [2.75, 3.05) is 27.1 Å². The van der Waals surface area contributed by atoms with E-state index in [-0.39, 0.29) is 0 Å². The van der Waals surface area contributed by atoms with E-state index >= 15 is 0 Å². The van der Waals surface area contributed by atoms with E-state index in [2.05, 4.69) is 29.2 Å². The molecule has 1 aromatic heterocycles. The molecule has 1 heterocycles. The number of rotatable bonds is 27. The van der Waals surface area contributed by atoms with Crippen LogP contribution in [0.25, 0.3) is 10.2 Å². The Bertz CT molecular complexity index is 801. The molecule has 0 N–H and O–H groups in total. The molecule has 0 unspecified atom stereocenters.